The number of aromatic nitrogens is 1. The second-order valence-electron chi connectivity index (χ2n) is 5.28. The SMILES string of the molecule is COC(=O)Cn1c(=NC(=O)c2ccccc2OC)sc2cc(Br)ccc21. The molecule has 0 bridgehead atoms. The van der Waals surface area contributed by atoms with E-state index in [-0.39, 0.29) is 6.54 Å². The molecule has 3 rings (SSSR count). The highest BCUT2D eigenvalue weighted by molar-refractivity contribution is 9.10. The lowest BCUT2D eigenvalue weighted by molar-refractivity contribution is -0.141. The molecule has 0 aliphatic rings. The number of carbonyl (C=O) groups is 2. The summed E-state index contributed by atoms with van der Waals surface area (Å²) in [5.41, 5.74) is 1.16. The van der Waals surface area contributed by atoms with Crippen LogP contribution in [0.15, 0.2) is 51.9 Å². The summed E-state index contributed by atoms with van der Waals surface area (Å²) in [4.78, 5) is 29.1. The lowest BCUT2D eigenvalue weighted by Crippen LogP contribution is -2.22. The van der Waals surface area contributed by atoms with Gasteiger partial charge >= 0.3 is 5.97 Å². The van der Waals surface area contributed by atoms with E-state index in [2.05, 4.69) is 20.9 Å². The summed E-state index contributed by atoms with van der Waals surface area (Å²) in [5.74, 6) is -0.407. The largest absolute Gasteiger partial charge is 0.496 e. The Hall–Kier alpha value is -2.45. The normalized spacial score (nSPS) is 11.6. The number of benzene rings is 2. The van der Waals surface area contributed by atoms with Crippen molar-refractivity contribution in [1.82, 2.24) is 4.57 Å². The van der Waals surface area contributed by atoms with Gasteiger partial charge in [-0.25, -0.2) is 0 Å². The number of para-hydroxylation sites is 1. The van der Waals surface area contributed by atoms with Gasteiger partial charge in [0, 0.05) is 4.47 Å². The molecule has 1 aromatic heterocycles. The lowest BCUT2D eigenvalue weighted by atomic mass is 10.2. The minimum absolute atomic E-state index is 0.0316. The first kappa shape index (κ1) is 18.3. The summed E-state index contributed by atoms with van der Waals surface area (Å²) in [6.07, 6.45) is 0. The van der Waals surface area contributed by atoms with Crippen molar-refractivity contribution in [2.75, 3.05) is 14.2 Å². The molecule has 0 spiro atoms. The first-order valence-electron chi connectivity index (χ1n) is 7.61. The van der Waals surface area contributed by atoms with Crippen LogP contribution in [0.3, 0.4) is 0 Å². The van der Waals surface area contributed by atoms with Gasteiger partial charge in [0.1, 0.15) is 12.3 Å². The van der Waals surface area contributed by atoms with E-state index < -0.39 is 11.9 Å². The number of fused-ring (bicyclic) bond motifs is 1. The fourth-order valence-electron chi connectivity index (χ4n) is 2.45. The molecule has 6 nitrogen and oxygen atoms in total. The Balaban J connectivity index is 2.16. The Morgan fingerprint density at radius 2 is 1.96 bits per heavy atom. The molecule has 1 heterocycles. The smallest absolute Gasteiger partial charge is 0.325 e. The third-order valence-electron chi connectivity index (χ3n) is 3.69. The number of carbonyl (C=O) groups excluding carboxylic acids is 2. The fourth-order valence-corrected chi connectivity index (χ4v) is 4.03. The van der Waals surface area contributed by atoms with E-state index in [1.807, 2.05) is 18.2 Å². The van der Waals surface area contributed by atoms with E-state index in [0.29, 0.717) is 16.1 Å². The van der Waals surface area contributed by atoms with Gasteiger partial charge in [0.05, 0.1) is 30.0 Å². The van der Waals surface area contributed by atoms with Crippen molar-refractivity contribution in [3.63, 3.8) is 0 Å². The molecule has 0 aliphatic heterocycles. The molecule has 0 N–H and O–H groups in total. The summed E-state index contributed by atoms with van der Waals surface area (Å²) < 4.78 is 13.5. The number of halogens is 1. The number of nitrogens with zero attached hydrogens (tertiary/aromatic N) is 2. The van der Waals surface area contributed by atoms with E-state index in [4.69, 9.17) is 9.47 Å². The van der Waals surface area contributed by atoms with Gasteiger partial charge in [-0.3, -0.25) is 9.59 Å². The summed E-state index contributed by atoms with van der Waals surface area (Å²) in [7, 11) is 2.82. The molecule has 26 heavy (non-hydrogen) atoms. The van der Waals surface area contributed by atoms with E-state index in [1.54, 1.807) is 28.8 Å². The number of hydrogen-bond donors (Lipinski definition) is 0. The van der Waals surface area contributed by atoms with Crippen LogP contribution in [0.5, 0.6) is 5.75 Å². The van der Waals surface area contributed by atoms with Gasteiger partial charge < -0.3 is 14.0 Å². The van der Waals surface area contributed by atoms with Gasteiger partial charge in [0.2, 0.25) is 0 Å². The fraction of sp³-hybridized carbons (Fsp3) is 0.167. The number of thiazole rings is 1. The molecule has 0 saturated heterocycles. The van der Waals surface area contributed by atoms with Crippen LogP contribution in [-0.4, -0.2) is 30.7 Å². The maximum atomic E-state index is 12.7. The Morgan fingerprint density at radius 1 is 1.19 bits per heavy atom. The minimum atomic E-state index is -0.438. The molecule has 0 radical (unpaired) electrons. The summed E-state index contributed by atoms with van der Waals surface area (Å²) in [5, 5.41) is 0. The summed E-state index contributed by atoms with van der Waals surface area (Å²) in [6.45, 7) is -0.0316. The number of esters is 1. The molecule has 8 heteroatoms. The standard InChI is InChI=1S/C18H15BrN2O4S/c1-24-14-6-4-3-5-12(14)17(23)20-18-21(10-16(22)25-2)13-8-7-11(19)9-15(13)26-18/h3-9H,10H2,1-2H3. The van der Waals surface area contributed by atoms with E-state index in [1.165, 1.54) is 25.6 Å². The van der Waals surface area contributed by atoms with Crippen molar-refractivity contribution in [2.24, 2.45) is 4.99 Å². The third kappa shape index (κ3) is 3.71. The minimum Gasteiger partial charge on any atom is -0.496 e. The Labute approximate surface area is 161 Å². The molecule has 0 unspecified atom stereocenters. The summed E-state index contributed by atoms with van der Waals surface area (Å²) in [6, 6.07) is 12.5. The predicted molar refractivity (Wildman–Crippen MR) is 102 cm³/mol. The van der Waals surface area contributed by atoms with Crippen molar-refractivity contribution < 1.29 is 19.1 Å². The summed E-state index contributed by atoms with van der Waals surface area (Å²) >= 11 is 4.75. The molecule has 0 atom stereocenters. The second kappa shape index (κ2) is 7.84. The van der Waals surface area contributed by atoms with Crippen molar-refractivity contribution >= 4 is 49.4 Å². The second-order valence-corrected chi connectivity index (χ2v) is 7.20. The highest BCUT2D eigenvalue weighted by Crippen LogP contribution is 2.23. The number of hydrogen-bond acceptors (Lipinski definition) is 5. The van der Waals surface area contributed by atoms with Crippen molar-refractivity contribution in [2.45, 2.75) is 6.54 Å². The first-order chi connectivity index (χ1) is 12.5. The van der Waals surface area contributed by atoms with Crippen LogP contribution in [0.1, 0.15) is 10.4 Å². The molecule has 0 fully saturated rings. The van der Waals surface area contributed by atoms with Crippen LogP contribution in [0, 0.1) is 0 Å². The van der Waals surface area contributed by atoms with Crippen LogP contribution >= 0.6 is 27.3 Å². The maximum absolute atomic E-state index is 12.7. The van der Waals surface area contributed by atoms with Gasteiger partial charge in [-0.2, -0.15) is 4.99 Å². The zero-order chi connectivity index (χ0) is 18.7. The highest BCUT2D eigenvalue weighted by Gasteiger charge is 2.14. The lowest BCUT2D eigenvalue weighted by Gasteiger charge is -2.05. The maximum Gasteiger partial charge on any atom is 0.325 e. The molecule has 3 aromatic rings. The Morgan fingerprint density at radius 3 is 2.69 bits per heavy atom. The van der Waals surface area contributed by atoms with Crippen molar-refractivity contribution in [3.8, 4) is 5.75 Å². The molecular weight excluding hydrogens is 420 g/mol. The van der Waals surface area contributed by atoms with Crippen molar-refractivity contribution in [3.05, 3.63) is 57.3 Å². The molecule has 1 amide bonds. The monoisotopic (exact) mass is 434 g/mol. The molecule has 134 valence electrons. The van der Waals surface area contributed by atoms with Crippen LogP contribution < -0.4 is 9.54 Å². The van der Waals surface area contributed by atoms with Gasteiger partial charge in [-0.05, 0) is 30.3 Å². The molecular formula is C18H15BrN2O4S. The van der Waals surface area contributed by atoms with Gasteiger partial charge in [-0.1, -0.05) is 39.4 Å². The van der Waals surface area contributed by atoms with Crippen LogP contribution in [0.4, 0.5) is 0 Å². The number of ether oxygens (including phenoxy) is 2. The van der Waals surface area contributed by atoms with Crippen LogP contribution in [0.2, 0.25) is 0 Å². The quantitative estimate of drug-likeness (QED) is 0.590. The van der Waals surface area contributed by atoms with Crippen LogP contribution in [0.25, 0.3) is 10.2 Å². The number of amides is 1. The van der Waals surface area contributed by atoms with E-state index >= 15 is 0 Å². The van der Waals surface area contributed by atoms with Crippen molar-refractivity contribution in [1.29, 1.82) is 0 Å². The Bertz CT molecular complexity index is 1050. The average Bonchev–Trinajstić information content (AvgIpc) is 2.97. The Kier molecular flexibility index (Phi) is 5.53. The average molecular weight is 435 g/mol. The highest BCUT2D eigenvalue weighted by atomic mass is 79.9. The van der Waals surface area contributed by atoms with E-state index in [0.717, 1.165) is 14.7 Å². The number of rotatable bonds is 4. The van der Waals surface area contributed by atoms with Gasteiger partial charge in [0.25, 0.3) is 5.91 Å². The third-order valence-corrected chi connectivity index (χ3v) is 5.23. The predicted octanol–water partition coefficient (Wildman–Crippen LogP) is 3.39. The zero-order valence-electron chi connectivity index (χ0n) is 14.1. The zero-order valence-corrected chi connectivity index (χ0v) is 16.5. The van der Waals surface area contributed by atoms with E-state index in [9.17, 15) is 9.59 Å². The topological polar surface area (TPSA) is 69.9 Å². The number of methoxy groups -OCH3 is 2. The molecule has 0 aliphatic carbocycles. The molecule has 2 aromatic carbocycles. The molecule has 0 saturated carbocycles. The van der Waals surface area contributed by atoms with Crippen LogP contribution in [-0.2, 0) is 16.1 Å². The van der Waals surface area contributed by atoms with Gasteiger partial charge in [-0.15, -0.1) is 0 Å². The van der Waals surface area contributed by atoms with Gasteiger partial charge in [0.15, 0.2) is 4.80 Å². The first-order valence-corrected chi connectivity index (χ1v) is 9.22.